The fourth-order valence-corrected chi connectivity index (χ4v) is 3.28. The molecule has 0 bridgehead atoms. The minimum atomic E-state index is -0.890. The van der Waals surface area contributed by atoms with E-state index in [0.29, 0.717) is 17.1 Å². The number of urea groups is 1. The number of imide groups is 2. The van der Waals surface area contributed by atoms with Crippen molar-refractivity contribution in [2.45, 2.75) is 0 Å². The van der Waals surface area contributed by atoms with Crippen LogP contribution in [0.4, 0.5) is 10.5 Å². The van der Waals surface area contributed by atoms with Gasteiger partial charge in [0, 0.05) is 0 Å². The predicted octanol–water partition coefficient (Wildman–Crippen LogP) is 4.23. The van der Waals surface area contributed by atoms with E-state index in [2.05, 4.69) is 11.9 Å². The van der Waals surface area contributed by atoms with Gasteiger partial charge in [-0.2, -0.15) is 0 Å². The summed E-state index contributed by atoms with van der Waals surface area (Å²) in [6.07, 6.45) is 2.86. The normalized spacial score (nSPS) is 15.2. The summed E-state index contributed by atoms with van der Waals surface area (Å²) in [5.74, 6) is -1.05. The number of nitrogens with zero attached hydrogens (tertiary/aromatic N) is 1. The number of carbonyl (C=O) groups is 3. The first-order valence-corrected chi connectivity index (χ1v) is 9.40. The van der Waals surface area contributed by atoms with Crippen molar-refractivity contribution in [3.8, 4) is 11.5 Å². The van der Waals surface area contributed by atoms with Crippen molar-refractivity contribution in [1.29, 1.82) is 0 Å². The third kappa shape index (κ3) is 4.17. The van der Waals surface area contributed by atoms with Crippen molar-refractivity contribution in [2.75, 3.05) is 18.6 Å². The van der Waals surface area contributed by atoms with Crippen molar-refractivity contribution in [3.05, 3.63) is 70.2 Å². The Kier molecular flexibility index (Phi) is 6.44. The van der Waals surface area contributed by atoms with Gasteiger partial charge in [0.25, 0.3) is 11.8 Å². The zero-order chi connectivity index (χ0) is 21.8. The Morgan fingerprint density at radius 3 is 2.53 bits per heavy atom. The number of hydrogen-bond acceptors (Lipinski definition) is 5. The molecule has 9 heteroatoms. The molecule has 0 spiro atoms. The highest BCUT2D eigenvalue weighted by Gasteiger charge is 2.37. The Balaban J connectivity index is 2.03. The van der Waals surface area contributed by atoms with Crippen LogP contribution in [0.25, 0.3) is 6.08 Å². The average Bonchev–Trinajstić information content (AvgIpc) is 2.71. The molecule has 4 amide bonds. The van der Waals surface area contributed by atoms with E-state index in [9.17, 15) is 14.4 Å². The molecule has 0 saturated carbocycles. The quantitative estimate of drug-likeness (QED) is 0.407. The Labute approximate surface area is 182 Å². The summed E-state index contributed by atoms with van der Waals surface area (Å²) in [4.78, 5) is 38.4. The number of barbiturate groups is 1. The minimum absolute atomic E-state index is 0.156. The summed E-state index contributed by atoms with van der Waals surface area (Å²) in [6.45, 7) is 3.79. The van der Waals surface area contributed by atoms with E-state index in [-0.39, 0.29) is 27.9 Å². The smallest absolute Gasteiger partial charge is 0.335 e. The molecule has 2 aromatic carbocycles. The number of rotatable bonds is 6. The summed E-state index contributed by atoms with van der Waals surface area (Å²) in [7, 11) is 1.43. The number of benzene rings is 2. The van der Waals surface area contributed by atoms with Gasteiger partial charge in [0.05, 0.1) is 22.8 Å². The standard InChI is InChI=1S/C21H16Cl2N2O5/c1-3-8-30-18-15(23)10-12(11-17(18)29-2)9-13-19(26)24-21(28)25(20(13)27)16-7-5-4-6-14(16)22/h3-7,9-11H,1,8H2,2H3,(H,24,26,28)/b13-9+. The highest BCUT2D eigenvalue weighted by atomic mass is 35.5. The lowest BCUT2D eigenvalue weighted by atomic mass is 10.1. The number of para-hydroxylation sites is 1. The molecule has 0 radical (unpaired) electrons. The van der Waals surface area contributed by atoms with Gasteiger partial charge in [0.15, 0.2) is 11.5 Å². The summed E-state index contributed by atoms with van der Waals surface area (Å²) in [5.41, 5.74) is 0.283. The molecule has 1 N–H and O–H groups in total. The van der Waals surface area contributed by atoms with Crippen LogP contribution >= 0.6 is 23.2 Å². The van der Waals surface area contributed by atoms with E-state index in [4.69, 9.17) is 32.7 Å². The molecule has 1 fully saturated rings. The highest BCUT2D eigenvalue weighted by Crippen LogP contribution is 2.37. The van der Waals surface area contributed by atoms with Gasteiger partial charge in [0.2, 0.25) is 0 Å². The molecule has 0 atom stereocenters. The molecule has 2 aromatic rings. The minimum Gasteiger partial charge on any atom is -0.493 e. The van der Waals surface area contributed by atoms with E-state index >= 15 is 0 Å². The second kappa shape index (κ2) is 9.02. The fourth-order valence-electron chi connectivity index (χ4n) is 2.78. The van der Waals surface area contributed by atoms with Gasteiger partial charge in [-0.1, -0.05) is 48.0 Å². The monoisotopic (exact) mass is 446 g/mol. The zero-order valence-corrected chi connectivity index (χ0v) is 17.3. The van der Waals surface area contributed by atoms with E-state index in [1.54, 1.807) is 24.3 Å². The lowest BCUT2D eigenvalue weighted by molar-refractivity contribution is -0.122. The van der Waals surface area contributed by atoms with Crippen LogP contribution in [0.2, 0.25) is 10.0 Å². The summed E-state index contributed by atoms with van der Waals surface area (Å²) < 4.78 is 10.8. The molecule has 0 aliphatic carbocycles. The summed E-state index contributed by atoms with van der Waals surface area (Å²) >= 11 is 12.4. The van der Waals surface area contributed by atoms with Crippen molar-refractivity contribution in [2.24, 2.45) is 0 Å². The van der Waals surface area contributed by atoms with Gasteiger partial charge in [-0.05, 0) is 35.9 Å². The van der Waals surface area contributed by atoms with Crippen molar-refractivity contribution < 1.29 is 23.9 Å². The van der Waals surface area contributed by atoms with Gasteiger partial charge in [-0.15, -0.1) is 0 Å². The number of methoxy groups -OCH3 is 1. The first-order chi connectivity index (χ1) is 14.4. The number of hydrogen-bond donors (Lipinski definition) is 1. The fraction of sp³-hybridized carbons (Fsp3) is 0.0952. The molecule has 1 aliphatic rings. The van der Waals surface area contributed by atoms with Crippen molar-refractivity contribution in [1.82, 2.24) is 5.32 Å². The Bertz CT molecular complexity index is 1080. The Hall–Kier alpha value is -3.29. The number of halogens is 2. The van der Waals surface area contributed by atoms with Crippen molar-refractivity contribution in [3.63, 3.8) is 0 Å². The maximum absolute atomic E-state index is 13.0. The lowest BCUT2D eigenvalue weighted by Gasteiger charge is -2.27. The highest BCUT2D eigenvalue weighted by molar-refractivity contribution is 6.42. The molecule has 0 unspecified atom stereocenters. The molecular weight excluding hydrogens is 431 g/mol. The molecule has 1 saturated heterocycles. The van der Waals surface area contributed by atoms with Gasteiger partial charge >= 0.3 is 6.03 Å². The van der Waals surface area contributed by atoms with E-state index in [1.807, 2.05) is 0 Å². The number of ether oxygens (including phenoxy) is 2. The second-order valence-corrected chi connectivity index (χ2v) is 6.86. The summed E-state index contributed by atoms with van der Waals surface area (Å²) in [6, 6.07) is 8.47. The zero-order valence-electron chi connectivity index (χ0n) is 15.8. The largest absolute Gasteiger partial charge is 0.493 e. The van der Waals surface area contributed by atoms with Gasteiger partial charge in [0.1, 0.15) is 12.2 Å². The van der Waals surface area contributed by atoms with Crippen LogP contribution in [0.15, 0.2) is 54.6 Å². The molecule has 154 valence electrons. The Morgan fingerprint density at radius 2 is 1.87 bits per heavy atom. The molecule has 3 rings (SSSR count). The van der Waals surface area contributed by atoms with Crippen LogP contribution in [0.3, 0.4) is 0 Å². The topological polar surface area (TPSA) is 84.9 Å². The number of carbonyl (C=O) groups excluding carboxylic acids is 3. The Morgan fingerprint density at radius 1 is 1.13 bits per heavy atom. The van der Waals surface area contributed by atoms with Crippen molar-refractivity contribution >= 4 is 52.8 Å². The molecule has 1 aliphatic heterocycles. The molecule has 30 heavy (non-hydrogen) atoms. The van der Waals surface area contributed by atoms with Crippen LogP contribution in [-0.2, 0) is 9.59 Å². The third-order valence-corrected chi connectivity index (χ3v) is 4.70. The molecule has 7 nitrogen and oxygen atoms in total. The molecule has 1 heterocycles. The van der Waals surface area contributed by atoms with Crippen LogP contribution in [-0.4, -0.2) is 31.6 Å². The first-order valence-electron chi connectivity index (χ1n) is 8.64. The lowest BCUT2D eigenvalue weighted by Crippen LogP contribution is -2.54. The van der Waals surface area contributed by atoms with Gasteiger partial charge in [-0.25, -0.2) is 9.69 Å². The number of anilines is 1. The maximum atomic E-state index is 13.0. The predicted molar refractivity (Wildman–Crippen MR) is 114 cm³/mol. The van der Waals surface area contributed by atoms with E-state index in [1.165, 1.54) is 31.4 Å². The average molecular weight is 447 g/mol. The molecule has 0 aromatic heterocycles. The van der Waals surface area contributed by atoms with Crippen LogP contribution in [0.1, 0.15) is 5.56 Å². The first kappa shape index (κ1) is 21.4. The van der Waals surface area contributed by atoms with Crippen LogP contribution in [0.5, 0.6) is 11.5 Å². The van der Waals surface area contributed by atoms with E-state index < -0.39 is 17.8 Å². The van der Waals surface area contributed by atoms with Crippen LogP contribution < -0.4 is 19.7 Å². The number of amides is 4. The number of nitrogens with one attached hydrogen (secondary N) is 1. The van der Waals surface area contributed by atoms with Crippen LogP contribution in [0, 0.1) is 0 Å². The maximum Gasteiger partial charge on any atom is 0.335 e. The SMILES string of the molecule is C=CCOc1c(Cl)cc(/C=C2\C(=O)NC(=O)N(c3ccccc3Cl)C2=O)cc1OC. The van der Waals surface area contributed by atoms with Gasteiger partial charge in [-0.3, -0.25) is 14.9 Å². The second-order valence-electron chi connectivity index (χ2n) is 6.04. The third-order valence-electron chi connectivity index (χ3n) is 4.10. The van der Waals surface area contributed by atoms with E-state index in [0.717, 1.165) is 4.90 Å². The molecular formula is C21H16Cl2N2O5. The summed E-state index contributed by atoms with van der Waals surface area (Å²) in [5, 5.41) is 2.54. The van der Waals surface area contributed by atoms with Gasteiger partial charge < -0.3 is 9.47 Å².